The Morgan fingerprint density at radius 2 is 1.85 bits per heavy atom. The molecule has 0 aliphatic rings. The molecule has 3 aromatic rings. The van der Waals surface area contributed by atoms with Crippen LogP contribution in [0.1, 0.15) is 23.7 Å². The summed E-state index contributed by atoms with van der Waals surface area (Å²) in [5, 5.41) is 0.518. The second-order valence-corrected chi connectivity index (χ2v) is 6.18. The zero-order valence-electron chi connectivity index (χ0n) is 14.0. The fourth-order valence-corrected chi connectivity index (χ4v) is 2.71. The molecule has 0 fully saturated rings. The summed E-state index contributed by atoms with van der Waals surface area (Å²) < 4.78 is 11.7. The minimum absolute atomic E-state index is 0.0539. The van der Waals surface area contributed by atoms with E-state index in [1.54, 1.807) is 48.5 Å². The summed E-state index contributed by atoms with van der Waals surface area (Å²) in [5.41, 5.74) is 1.47. The quantitative estimate of drug-likeness (QED) is 0.488. The number of Topliss-reactive ketones (excluding diaryl/α,β-unsaturated/α-hetero) is 1. The largest absolute Gasteiger partial charge is 0.454 e. The number of halogens is 1. The summed E-state index contributed by atoms with van der Waals surface area (Å²) in [7, 11) is 0. The number of carbonyl (C=O) groups is 2. The van der Waals surface area contributed by atoms with Crippen molar-refractivity contribution in [2.75, 3.05) is 0 Å². The van der Waals surface area contributed by atoms with Gasteiger partial charge >= 0.3 is 11.7 Å². The number of fused-ring (bicyclic) bond motifs is 1. The highest BCUT2D eigenvalue weighted by molar-refractivity contribution is 6.30. The molecule has 0 saturated heterocycles. The van der Waals surface area contributed by atoms with Gasteiger partial charge in [0.05, 0.1) is 11.9 Å². The topological polar surface area (TPSA) is 78.5 Å². The molecule has 1 aromatic heterocycles. The van der Waals surface area contributed by atoms with Crippen LogP contribution >= 0.6 is 11.6 Å². The average molecular weight is 374 g/mol. The summed E-state index contributed by atoms with van der Waals surface area (Å²) in [6.07, 6.45) is -0.983. The maximum atomic E-state index is 12.3. The molecule has 1 unspecified atom stereocenters. The third-order valence-electron chi connectivity index (χ3n) is 3.92. The predicted molar refractivity (Wildman–Crippen MR) is 96.4 cm³/mol. The van der Waals surface area contributed by atoms with Gasteiger partial charge in [0.15, 0.2) is 11.7 Å². The lowest BCUT2D eigenvalue weighted by atomic mass is 10.1. The number of ether oxygens (including phenoxy) is 1. The number of oxazole rings is 1. The van der Waals surface area contributed by atoms with E-state index in [1.807, 2.05) is 0 Å². The van der Waals surface area contributed by atoms with Gasteiger partial charge < -0.3 is 9.15 Å². The van der Waals surface area contributed by atoms with Gasteiger partial charge in [0.25, 0.3) is 0 Å². The Hall–Kier alpha value is -2.86. The molecular formula is C19H16ClNO5. The first kappa shape index (κ1) is 17.9. The summed E-state index contributed by atoms with van der Waals surface area (Å²) in [6, 6.07) is 13.3. The van der Waals surface area contributed by atoms with Crippen molar-refractivity contribution in [2.24, 2.45) is 0 Å². The Balaban J connectivity index is 1.61. The van der Waals surface area contributed by atoms with Gasteiger partial charge in [0.1, 0.15) is 0 Å². The van der Waals surface area contributed by atoms with Gasteiger partial charge in [-0.3, -0.25) is 14.2 Å². The molecule has 134 valence electrons. The Morgan fingerprint density at radius 3 is 2.58 bits per heavy atom. The van der Waals surface area contributed by atoms with Crippen molar-refractivity contribution in [1.29, 1.82) is 0 Å². The monoisotopic (exact) mass is 373 g/mol. The summed E-state index contributed by atoms with van der Waals surface area (Å²) in [6.45, 7) is 1.62. The number of ketones is 1. The van der Waals surface area contributed by atoms with E-state index in [1.165, 1.54) is 11.5 Å². The van der Waals surface area contributed by atoms with Crippen LogP contribution in [0.15, 0.2) is 57.7 Å². The molecule has 0 amide bonds. The number of aromatic nitrogens is 1. The first-order valence-electron chi connectivity index (χ1n) is 8.03. The van der Waals surface area contributed by atoms with Gasteiger partial charge in [0, 0.05) is 17.1 Å². The zero-order valence-corrected chi connectivity index (χ0v) is 14.7. The van der Waals surface area contributed by atoms with Gasteiger partial charge in [-0.2, -0.15) is 0 Å². The number of esters is 1. The molecule has 0 spiro atoms. The van der Waals surface area contributed by atoms with Crippen LogP contribution in [0.5, 0.6) is 0 Å². The Morgan fingerprint density at radius 1 is 1.15 bits per heavy atom. The van der Waals surface area contributed by atoms with Crippen LogP contribution in [0.4, 0.5) is 0 Å². The van der Waals surface area contributed by atoms with Crippen LogP contribution < -0.4 is 5.76 Å². The van der Waals surface area contributed by atoms with Crippen molar-refractivity contribution in [3.05, 3.63) is 69.7 Å². The average Bonchev–Trinajstić information content (AvgIpc) is 2.95. The lowest BCUT2D eigenvalue weighted by Gasteiger charge is -2.12. The van der Waals surface area contributed by atoms with Crippen LogP contribution in [0.2, 0.25) is 5.02 Å². The first-order chi connectivity index (χ1) is 12.5. The van der Waals surface area contributed by atoms with Crippen LogP contribution in [0.25, 0.3) is 11.1 Å². The van der Waals surface area contributed by atoms with E-state index in [-0.39, 0.29) is 18.7 Å². The Bertz CT molecular complexity index is 1000. The number of benzene rings is 2. The van der Waals surface area contributed by atoms with Crippen LogP contribution in [-0.2, 0) is 16.1 Å². The van der Waals surface area contributed by atoms with E-state index >= 15 is 0 Å². The van der Waals surface area contributed by atoms with E-state index in [2.05, 4.69) is 0 Å². The van der Waals surface area contributed by atoms with Crippen LogP contribution in [0, 0.1) is 0 Å². The molecule has 0 bridgehead atoms. The van der Waals surface area contributed by atoms with Gasteiger partial charge in [-0.25, -0.2) is 4.79 Å². The van der Waals surface area contributed by atoms with Gasteiger partial charge in [-0.15, -0.1) is 0 Å². The predicted octanol–water partition coefficient (Wildman–Crippen LogP) is 3.45. The maximum Gasteiger partial charge on any atom is 0.419 e. The van der Waals surface area contributed by atoms with E-state index in [0.29, 0.717) is 21.7 Å². The Kier molecular flexibility index (Phi) is 5.23. The highest BCUT2D eigenvalue weighted by Crippen LogP contribution is 2.14. The highest BCUT2D eigenvalue weighted by atomic mass is 35.5. The molecule has 1 heterocycles. The van der Waals surface area contributed by atoms with E-state index in [4.69, 9.17) is 20.8 Å². The zero-order chi connectivity index (χ0) is 18.7. The number of nitrogens with zero attached hydrogens (tertiary/aromatic N) is 1. The van der Waals surface area contributed by atoms with E-state index < -0.39 is 17.8 Å². The summed E-state index contributed by atoms with van der Waals surface area (Å²) in [5.74, 6) is -1.43. The molecule has 0 N–H and O–H groups in total. The fraction of sp³-hybridized carbons (Fsp3) is 0.211. The minimum atomic E-state index is -0.929. The molecule has 3 rings (SSSR count). The first-order valence-corrected chi connectivity index (χ1v) is 8.41. The number of hydrogen-bond acceptors (Lipinski definition) is 5. The molecule has 0 aliphatic carbocycles. The number of hydrogen-bond donors (Lipinski definition) is 0. The van der Waals surface area contributed by atoms with Crippen molar-refractivity contribution in [2.45, 2.75) is 26.0 Å². The van der Waals surface area contributed by atoms with Crippen LogP contribution in [0.3, 0.4) is 0 Å². The van der Waals surface area contributed by atoms with Gasteiger partial charge in [-0.05, 0) is 43.3 Å². The molecular weight excluding hydrogens is 358 g/mol. The fourth-order valence-electron chi connectivity index (χ4n) is 2.59. The molecule has 0 saturated carbocycles. The molecule has 26 heavy (non-hydrogen) atoms. The number of aryl methyl sites for hydroxylation is 1. The molecule has 0 aliphatic heterocycles. The Labute approximate surface area is 153 Å². The molecule has 0 radical (unpaired) electrons. The maximum absolute atomic E-state index is 12.3. The van der Waals surface area contributed by atoms with Crippen molar-refractivity contribution >= 4 is 34.5 Å². The lowest BCUT2D eigenvalue weighted by Crippen LogP contribution is -2.25. The molecule has 1 atom stereocenters. The van der Waals surface area contributed by atoms with Crippen LogP contribution in [-0.4, -0.2) is 22.4 Å². The standard InChI is InChI=1S/C19H16ClNO5/c1-12(18(23)13-6-8-14(20)9-7-13)25-17(22)10-11-21-15-4-2-3-5-16(15)26-19(21)24/h2-9,12H,10-11H2,1H3. The molecule has 6 nitrogen and oxygen atoms in total. The van der Waals surface area contributed by atoms with E-state index in [9.17, 15) is 14.4 Å². The van der Waals surface area contributed by atoms with Crippen molar-refractivity contribution in [3.63, 3.8) is 0 Å². The molecule has 2 aromatic carbocycles. The third-order valence-corrected chi connectivity index (χ3v) is 4.17. The lowest BCUT2D eigenvalue weighted by molar-refractivity contribution is -0.146. The number of para-hydroxylation sites is 2. The van der Waals surface area contributed by atoms with Gasteiger partial charge in [-0.1, -0.05) is 23.7 Å². The third kappa shape index (κ3) is 3.86. The summed E-state index contributed by atoms with van der Waals surface area (Å²) in [4.78, 5) is 36.2. The second kappa shape index (κ2) is 7.58. The van der Waals surface area contributed by atoms with Crippen molar-refractivity contribution < 1.29 is 18.7 Å². The van der Waals surface area contributed by atoms with Gasteiger partial charge in [0.2, 0.25) is 5.78 Å². The normalized spacial score (nSPS) is 12.1. The smallest absolute Gasteiger partial charge is 0.419 e. The number of carbonyl (C=O) groups excluding carboxylic acids is 2. The van der Waals surface area contributed by atoms with Crippen molar-refractivity contribution in [3.8, 4) is 0 Å². The highest BCUT2D eigenvalue weighted by Gasteiger charge is 2.20. The second-order valence-electron chi connectivity index (χ2n) is 5.74. The summed E-state index contributed by atoms with van der Waals surface area (Å²) >= 11 is 5.79. The minimum Gasteiger partial charge on any atom is -0.454 e. The van der Waals surface area contributed by atoms with E-state index in [0.717, 1.165) is 0 Å². The van der Waals surface area contributed by atoms with Crippen molar-refractivity contribution in [1.82, 2.24) is 4.57 Å². The molecule has 7 heteroatoms. The number of rotatable bonds is 6. The SMILES string of the molecule is CC(OC(=O)CCn1c(=O)oc2ccccc21)C(=O)c1ccc(Cl)cc1.